The average Bonchev–Trinajstić information content (AvgIpc) is 3.02. The third-order valence-electron chi connectivity index (χ3n) is 4.92. The molecule has 4 rings (SSSR count). The molecule has 1 aliphatic heterocycles. The second-order valence-corrected chi connectivity index (χ2v) is 8.63. The molecule has 3 aromatic rings. The van der Waals surface area contributed by atoms with E-state index in [1.54, 1.807) is 32.4 Å². The van der Waals surface area contributed by atoms with Crippen molar-refractivity contribution in [3.8, 4) is 11.5 Å². The Morgan fingerprint density at radius 3 is 2.36 bits per heavy atom. The van der Waals surface area contributed by atoms with Crippen LogP contribution in [-0.4, -0.2) is 36.6 Å². The molecule has 0 saturated carbocycles. The van der Waals surface area contributed by atoms with Crippen LogP contribution in [0.25, 0.3) is 0 Å². The standard InChI is InChI=1S/C25H22ClN3O3S/c1-31-22-12-11-18(13-23(22)32-2)27-24(30)15-33-25-14-21(16-7-9-17(26)10-8-16)28-19-5-3-4-6-20(19)29-25/h3-13H,14-15H2,1-2H3,(H,27,30). The summed E-state index contributed by atoms with van der Waals surface area (Å²) in [6.07, 6.45) is 0.518. The lowest BCUT2D eigenvalue weighted by Gasteiger charge is -2.11. The number of nitrogens with zero attached hydrogens (tertiary/aromatic N) is 2. The number of halogens is 1. The molecule has 1 heterocycles. The minimum absolute atomic E-state index is 0.141. The summed E-state index contributed by atoms with van der Waals surface area (Å²) in [5, 5.41) is 4.38. The van der Waals surface area contributed by atoms with Crippen molar-refractivity contribution in [2.24, 2.45) is 9.98 Å². The summed E-state index contributed by atoms with van der Waals surface area (Å²) < 4.78 is 10.5. The number of methoxy groups -OCH3 is 2. The molecule has 0 saturated heterocycles. The molecular weight excluding hydrogens is 458 g/mol. The normalized spacial score (nSPS) is 12.7. The first kappa shape index (κ1) is 22.9. The van der Waals surface area contributed by atoms with Gasteiger partial charge in [-0.2, -0.15) is 0 Å². The van der Waals surface area contributed by atoms with Crippen molar-refractivity contribution in [3.63, 3.8) is 0 Å². The number of fused-ring (bicyclic) bond motifs is 1. The fourth-order valence-electron chi connectivity index (χ4n) is 3.31. The van der Waals surface area contributed by atoms with Gasteiger partial charge in [0.25, 0.3) is 0 Å². The number of hydrogen-bond donors (Lipinski definition) is 1. The second-order valence-electron chi connectivity index (χ2n) is 7.14. The van der Waals surface area contributed by atoms with Crippen LogP contribution in [0.3, 0.4) is 0 Å². The Kier molecular flexibility index (Phi) is 7.32. The van der Waals surface area contributed by atoms with E-state index in [0.717, 1.165) is 27.7 Å². The van der Waals surface area contributed by atoms with Crippen molar-refractivity contribution in [2.75, 3.05) is 25.3 Å². The van der Waals surface area contributed by atoms with E-state index in [-0.39, 0.29) is 11.7 Å². The second kappa shape index (κ2) is 10.6. The number of carbonyl (C=O) groups excluding carboxylic acids is 1. The average molecular weight is 480 g/mol. The van der Waals surface area contributed by atoms with E-state index < -0.39 is 0 Å². The highest BCUT2D eigenvalue weighted by atomic mass is 35.5. The van der Waals surface area contributed by atoms with E-state index in [1.807, 2.05) is 48.5 Å². The van der Waals surface area contributed by atoms with Crippen LogP contribution in [0, 0.1) is 0 Å². The van der Waals surface area contributed by atoms with E-state index in [2.05, 4.69) is 5.32 Å². The van der Waals surface area contributed by atoms with Crippen LogP contribution in [0.4, 0.5) is 17.1 Å². The Hall–Kier alpha value is -3.29. The summed E-state index contributed by atoms with van der Waals surface area (Å²) >= 11 is 7.45. The molecule has 0 aromatic heterocycles. The third kappa shape index (κ3) is 5.74. The first-order chi connectivity index (χ1) is 16.1. The molecule has 1 aliphatic rings. The SMILES string of the molecule is COc1ccc(NC(=O)CSC2=Nc3ccccc3N=C(c3ccc(Cl)cc3)C2)cc1OC. The van der Waals surface area contributed by atoms with Crippen molar-refractivity contribution >= 4 is 57.1 Å². The van der Waals surface area contributed by atoms with Gasteiger partial charge in [-0.25, -0.2) is 4.99 Å². The molecule has 8 heteroatoms. The predicted molar refractivity (Wildman–Crippen MR) is 136 cm³/mol. The first-order valence-electron chi connectivity index (χ1n) is 10.2. The Morgan fingerprint density at radius 2 is 1.67 bits per heavy atom. The lowest BCUT2D eigenvalue weighted by Crippen LogP contribution is -2.16. The van der Waals surface area contributed by atoms with Crippen molar-refractivity contribution in [2.45, 2.75) is 6.42 Å². The van der Waals surface area contributed by atoms with Crippen LogP contribution in [0.5, 0.6) is 11.5 Å². The summed E-state index contributed by atoms with van der Waals surface area (Å²) in [7, 11) is 3.13. The molecule has 1 amide bonds. The van der Waals surface area contributed by atoms with E-state index in [1.165, 1.54) is 11.8 Å². The predicted octanol–water partition coefficient (Wildman–Crippen LogP) is 6.28. The van der Waals surface area contributed by atoms with Gasteiger partial charge in [0.1, 0.15) is 0 Å². The van der Waals surface area contributed by atoms with Gasteiger partial charge >= 0.3 is 0 Å². The van der Waals surface area contributed by atoms with Gasteiger partial charge in [0, 0.05) is 23.2 Å². The number of para-hydroxylation sites is 2. The molecule has 6 nitrogen and oxygen atoms in total. The minimum Gasteiger partial charge on any atom is -0.493 e. The van der Waals surface area contributed by atoms with Gasteiger partial charge in [0.2, 0.25) is 5.91 Å². The maximum Gasteiger partial charge on any atom is 0.234 e. The zero-order chi connectivity index (χ0) is 23.2. The maximum atomic E-state index is 12.6. The molecule has 33 heavy (non-hydrogen) atoms. The topological polar surface area (TPSA) is 72.3 Å². The van der Waals surface area contributed by atoms with Crippen LogP contribution in [0.15, 0.2) is 76.7 Å². The quantitative estimate of drug-likeness (QED) is 0.451. The lowest BCUT2D eigenvalue weighted by atomic mass is 10.1. The molecule has 1 N–H and O–H groups in total. The summed E-state index contributed by atoms with van der Waals surface area (Å²) in [6.45, 7) is 0. The highest BCUT2D eigenvalue weighted by molar-refractivity contribution is 8.14. The van der Waals surface area contributed by atoms with E-state index >= 15 is 0 Å². The number of aliphatic imine (C=N–C) groups is 2. The number of ether oxygens (including phenoxy) is 2. The van der Waals surface area contributed by atoms with E-state index in [9.17, 15) is 4.79 Å². The van der Waals surface area contributed by atoms with Gasteiger partial charge in [-0.15, -0.1) is 11.8 Å². The fraction of sp³-hybridized carbons (Fsp3) is 0.160. The smallest absolute Gasteiger partial charge is 0.234 e. The van der Waals surface area contributed by atoms with Gasteiger partial charge in [0.05, 0.1) is 42.1 Å². The highest BCUT2D eigenvalue weighted by Gasteiger charge is 2.17. The van der Waals surface area contributed by atoms with Crippen LogP contribution in [0.1, 0.15) is 12.0 Å². The molecule has 0 atom stereocenters. The number of nitrogens with one attached hydrogen (secondary N) is 1. The number of rotatable bonds is 6. The Morgan fingerprint density at radius 1 is 0.970 bits per heavy atom. The molecular formula is C25H22ClN3O3S. The first-order valence-corrected chi connectivity index (χ1v) is 11.6. The van der Waals surface area contributed by atoms with Crippen LogP contribution in [0.2, 0.25) is 5.02 Å². The van der Waals surface area contributed by atoms with Gasteiger partial charge in [-0.1, -0.05) is 35.9 Å². The summed E-state index contributed by atoms with van der Waals surface area (Å²) in [5.41, 5.74) is 4.06. The Bertz CT molecular complexity index is 1230. The molecule has 0 aliphatic carbocycles. The van der Waals surface area contributed by atoms with Crippen molar-refractivity contribution in [1.29, 1.82) is 0 Å². The fourth-order valence-corrected chi connectivity index (χ4v) is 4.20. The zero-order valence-corrected chi connectivity index (χ0v) is 19.7. The monoisotopic (exact) mass is 479 g/mol. The highest BCUT2D eigenvalue weighted by Crippen LogP contribution is 2.34. The van der Waals surface area contributed by atoms with Gasteiger partial charge in [-0.3, -0.25) is 9.79 Å². The summed E-state index contributed by atoms with van der Waals surface area (Å²) in [4.78, 5) is 22.2. The Balaban J connectivity index is 1.49. The summed E-state index contributed by atoms with van der Waals surface area (Å²) in [6, 6.07) is 20.6. The van der Waals surface area contributed by atoms with Crippen molar-refractivity contribution in [1.82, 2.24) is 0 Å². The lowest BCUT2D eigenvalue weighted by molar-refractivity contribution is -0.113. The minimum atomic E-state index is -0.141. The van der Waals surface area contributed by atoms with Crippen LogP contribution in [-0.2, 0) is 4.79 Å². The molecule has 0 spiro atoms. The molecule has 3 aromatic carbocycles. The van der Waals surface area contributed by atoms with Gasteiger partial charge < -0.3 is 14.8 Å². The molecule has 0 fully saturated rings. The van der Waals surface area contributed by atoms with Crippen LogP contribution >= 0.6 is 23.4 Å². The molecule has 0 bridgehead atoms. The van der Waals surface area contributed by atoms with E-state index in [4.69, 9.17) is 31.1 Å². The number of hydrogen-bond acceptors (Lipinski definition) is 6. The van der Waals surface area contributed by atoms with Crippen molar-refractivity contribution < 1.29 is 14.3 Å². The van der Waals surface area contributed by atoms with E-state index in [0.29, 0.717) is 28.6 Å². The number of thioether (sulfide) groups is 1. The number of anilines is 1. The maximum absolute atomic E-state index is 12.6. The molecule has 0 radical (unpaired) electrons. The Labute approximate surface area is 201 Å². The molecule has 168 valence electrons. The number of benzene rings is 3. The third-order valence-corrected chi connectivity index (χ3v) is 6.14. The zero-order valence-electron chi connectivity index (χ0n) is 18.2. The number of carbonyl (C=O) groups is 1. The largest absolute Gasteiger partial charge is 0.493 e. The van der Waals surface area contributed by atoms with Crippen LogP contribution < -0.4 is 14.8 Å². The van der Waals surface area contributed by atoms with Gasteiger partial charge in [-0.05, 0) is 42.0 Å². The molecule has 0 unspecified atom stereocenters. The van der Waals surface area contributed by atoms with Gasteiger partial charge in [0.15, 0.2) is 11.5 Å². The summed E-state index contributed by atoms with van der Waals surface area (Å²) in [5.74, 6) is 1.22. The number of amides is 1. The van der Waals surface area contributed by atoms with Crippen molar-refractivity contribution in [3.05, 3.63) is 77.3 Å².